The fourth-order valence-corrected chi connectivity index (χ4v) is 2.34. The van der Waals surface area contributed by atoms with Crippen LogP contribution in [0.1, 0.15) is 57.6 Å². The van der Waals surface area contributed by atoms with Gasteiger partial charge in [0.15, 0.2) is 0 Å². The smallest absolute Gasteiger partial charge is 0.00551 e. The van der Waals surface area contributed by atoms with Gasteiger partial charge in [-0.2, -0.15) is 0 Å². The van der Waals surface area contributed by atoms with Gasteiger partial charge in [0, 0.05) is 5.70 Å². The molecule has 21 heavy (non-hydrogen) atoms. The van der Waals surface area contributed by atoms with E-state index >= 15 is 0 Å². The Morgan fingerprint density at radius 3 is 2.24 bits per heavy atom. The third-order valence-corrected chi connectivity index (χ3v) is 3.39. The first-order valence-electron chi connectivity index (χ1n) is 7.93. The summed E-state index contributed by atoms with van der Waals surface area (Å²) in [7, 11) is 0. The van der Waals surface area contributed by atoms with E-state index in [0.29, 0.717) is 0 Å². The largest absolute Gasteiger partial charge is 0.402 e. The molecule has 1 rings (SSSR count). The highest BCUT2D eigenvalue weighted by Gasteiger charge is 2.00. The number of allylic oxidation sites excluding steroid dienone is 5. The third kappa shape index (κ3) is 6.99. The molecule has 0 amide bonds. The van der Waals surface area contributed by atoms with E-state index in [-0.39, 0.29) is 0 Å². The van der Waals surface area contributed by atoms with Crippen LogP contribution in [-0.2, 0) is 6.42 Å². The number of hydrogen-bond donors (Lipinski definition) is 1. The molecular formula is C20H29N. The van der Waals surface area contributed by atoms with Crippen molar-refractivity contribution in [2.75, 3.05) is 0 Å². The molecule has 1 nitrogen and oxygen atoms in total. The van der Waals surface area contributed by atoms with Crippen molar-refractivity contribution in [1.82, 2.24) is 0 Å². The highest BCUT2D eigenvalue weighted by molar-refractivity contribution is 5.76. The summed E-state index contributed by atoms with van der Waals surface area (Å²) in [4.78, 5) is 0. The molecule has 0 heterocycles. The Morgan fingerprint density at radius 2 is 1.71 bits per heavy atom. The Hall–Kier alpha value is -1.76. The SMILES string of the molecule is C=C(C)/C=C(\C=C(\C)N)c1ccc(CCCCCC)cc1. The van der Waals surface area contributed by atoms with Crippen LogP contribution >= 0.6 is 0 Å². The minimum absolute atomic E-state index is 0.811. The average Bonchev–Trinajstić information content (AvgIpc) is 2.42. The lowest BCUT2D eigenvalue weighted by Gasteiger charge is -2.07. The lowest BCUT2D eigenvalue weighted by Crippen LogP contribution is -1.93. The van der Waals surface area contributed by atoms with E-state index in [1.165, 1.54) is 43.2 Å². The monoisotopic (exact) mass is 283 g/mol. The van der Waals surface area contributed by atoms with E-state index < -0.39 is 0 Å². The number of benzene rings is 1. The van der Waals surface area contributed by atoms with Crippen LogP contribution in [0.25, 0.3) is 5.57 Å². The second-order valence-corrected chi connectivity index (χ2v) is 5.84. The second-order valence-electron chi connectivity index (χ2n) is 5.84. The molecule has 0 radical (unpaired) electrons. The maximum absolute atomic E-state index is 5.82. The van der Waals surface area contributed by atoms with E-state index in [1.54, 1.807) is 0 Å². The van der Waals surface area contributed by atoms with Crippen LogP contribution < -0.4 is 5.73 Å². The van der Waals surface area contributed by atoms with Gasteiger partial charge in [-0.15, -0.1) is 0 Å². The van der Waals surface area contributed by atoms with Crippen molar-refractivity contribution in [3.63, 3.8) is 0 Å². The molecule has 0 unspecified atom stereocenters. The molecule has 0 atom stereocenters. The Bertz CT molecular complexity index is 499. The molecule has 0 aromatic heterocycles. The van der Waals surface area contributed by atoms with Gasteiger partial charge in [-0.25, -0.2) is 0 Å². The summed E-state index contributed by atoms with van der Waals surface area (Å²) in [6.07, 6.45) is 10.5. The lowest BCUT2D eigenvalue weighted by molar-refractivity contribution is 0.667. The van der Waals surface area contributed by atoms with Gasteiger partial charge in [0.2, 0.25) is 0 Å². The van der Waals surface area contributed by atoms with Crippen molar-refractivity contribution in [3.05, 3.63) is 65.4 Å². The number of unbranched alkanes of at least 4 members (excludes halogenated alkanes) is 3. The van der Waals surface area contributed by atoms with Gasteiger partial charge in [-0.1, -0.05) is 68.7 Å². The molecule has 1 aromatic carbocycles. The first-order valence-corrected chi connectivity index (χ1v) is 7.93. The van der Waals surface area contributed by atoms with Gasteiger partial charge in [-0.05, 0) is 49.5 Å². The van der Waals surface area contributed by atoms with E-state index in [9.17, 15) is 0 Å². The topological polar surface area (TPSA) is 26.0 Å². The van der Waals surface area contributed by atoms with Gasteiger partial charge < -0.3 is 5.73 Å². The van der Waals surface area contributed by atoms with Crippen molar-refractivity contribution >= 4 is 5.57 Å². The van der Waals surface area contributed by atoms with Crippen LogP contribution in [0.4, 0.5) is 0 Å². The Balaban J connectivity index is 2.79. The summed E-state index contributed by atoms with van der Waals surface area (Å²) >= 11 is 0. The molecule has 0 aliphatic heterocycles. The maximum atomic E-state index is 5.82. The van der Waals surface area contributed by atoms with Crippen LogP contribution in [0.5, 0.6) is 0 Å². The zero-order chi connectivity index (χ0) is 15.7. The van der Waals surface area contributed by atoms with Crippen molar-refractivity contribution in [2.45, 2.75) is 52.9 Å². The predicted molar refractivity (Wildman–Crippen MR) is 95.0 cm³/mol. The minimum Gasteiger partial charge on any atom is -0.402 e. The van der Waals surface area contributed by atoms with Gasteiger partial charge >= 0.3 is 0 Å². The van der Waals surface area contributed by atoms with Crippen LogP contribution in [0.15, 0.2) is 54.3 Å². The molecule has 1 heteroatoms. The van der Waals surface area contributed by atoms with Crippen LogP contribution in [0, 0.1) is 0 Å². The van der Waals surface area contributed by atoms with E-state index in [1.807, 2.05) is 19.9 Å². The first-order chi connectivity index (χ1) is 10.0. The zero-order valence-electron chi connectivity index (χ0n) is 13.8. The molecule has 114 valence electrons. The van der Waals surface area contributed by atoms with Crippen molar-refractivity contribution in [1.29, 1.82) is 0 Å². The third-order valence-electron chi connectivity index (χ3n) is 3.39. The number of aryl methyl sites for hydroxylation is 1. The Kier molecular flexibility index (Phi) is 7.60. The molecule has 0 spiro atoms. The number of rotatable bonds is 8. The summed E-state index contributed by atoms with van der Waals surface area (Å²) in [6.45, 7) is 10.1. The second kappa shape index (κ2) is 9.23. The highest BCUT2D eigenvalue weighted by atomic mass is 14.5. The van der Waals surface area contributed by atoms with Crippen LogP contribution in [-0.4, -0.2) is 0 Å². The van der Waals surface area contributed by atoms with Gasteiger partial charge in [0.05, 0.1) is 0 Å². The predicted octanol–water partition coefficient (Wildman–Crippen LogP) is 5.63. The van der Waals surface area contributed by atoms with Crippen molar-refractivity contribution in [2.24, 2.45) is 5.73 Å². The van der Waals surface area contributed by atoms with E-state index in [2.05, 4.69) is 43.8 Å². The van der Waals surface area contributed by atoms with Gasteiger partial charge in [0.25, 0.3) is 0 Å². The summed E-state index contributed by atoms with van der Waals surface area (Å²) in [5, 5.41) is 0. The molecule has 0 saturated carbocycles. The molecule has 0 aliphatic rings. The summed E-state index contributed by atoms with van der Waals surface area (Å²) < 4.78 is 0. The fraction of sp³-hybridized carbons (Fsp3) is 0.400. The fourth-order valence-electron chi connectivity index (χ4n) is 2.34. The van der Waals surface area contributed by atoms with Gasteiger partial charge in [0.1, 0.15) is 0 Å². The van der Waals surface area contributed by atoms with Gasteiger partial charge in [-0.3, -0.25) is 0 Å². The van der Waals surface area contributed by atoms with E-state index in [4.69, 9.17) is 5.73 Å². The van der Waals surface area contributed by atoms with Crippen molar-refractivity contribution in [3.8, 4) is 0 Å². The Labute approximate surface area is 130 Å². The van der Waals surface area contributed by atoms with E-state index in [0.717, 1.165) is 16.8 Å². The molecule has 0 saturated heterocycles. The maximum Gasteiger partial charge on any atom is 0.00551 e. The normalized spacial score (nSPS) is 12.5. The van der Waals surface area contributed by atoms with Crippen LogP contribution in [0.2, 0.25) is 0 Å². The molecule has 0 bridgehead atoms. The summed E-state index contributed by atoms with van der Waals surface area (Å²) in [5.41, 5.74) is 11.4. The van der Waals surface area contributed by atoms with Crippen LogP contribution in [0.3, 0.4) is 0 Å². The highest BCUT2D eigenvalue weighted by Crippen LogP contribution is 2.20. The minimum atomic E-state index is 0.811. The molecule has 2 N–H and O–H groups in total. The first kappa shape index (κ1) is 17.3. The molecule has 1 aromatic rings. The average molecular weight is 283 g/mol. The zero-order valence-corrected chi connectivity index (χ0v) is 13.8. The quantitative estimate of drug-likeness (QED) is 0.485. The molecule has 0 fully saturated rings. The lowest BCUT2D eigenvalue weighted by atomic mass is 9.99. The summed E-state index contributed by atoms with van der Waals surface area (Å²) in [6, 6.07) is 8.83. The molecule has 0 aliphatic carbocycles. The molecular weight excluding hydrogens is 254 g/mol. The number of nitrogens with two attached hydrogens (primary N) is 1. The summed E-state index contributed by atoms with van der Waals surface area (Å²) in [5.74, 6) is 0. The Morgan fingerprint density at radius 1 is 1.05 bits per heavy atom. The standard InChI is InChI=1S/C20H29N/c1-5-6-7-8-9-18-10-12-19(13-11-18)20(14-16(2)3)15-17(4)21/h10-15H,2,5-9,21H2,1,3-4H3/b17-15-,20-14+. The number of hydrogen-bond acceptors (Lipinski definition) is 1. The van der Waals surface area contributed by atoms with Crippen molar-refractivity contribution < 1.29 is 0 Å².